The third-order valence-electron chi connectivity index (χ3n) is 4.41. The number of hydrogen-bond acceptors (Lipinski definition) is 6. The minimum absolute atomic E-state index is 0.223. The molecule has 0 radical (unpaired) electrons. The molecule has 0 spiro atoms. The molecule has 0 saturated heterocycles. The number of nitrogens with zero attached hydrogens (tertiary/aromatic N) is 5. The van der Waals surface area contributed by atoms with E-state index < -0.39 is 0 Å². The van der Waals surface area contributed by atoms with Crippen LogP contribution in [0, 0.1) is 12.7 Å². The van der Waals surface area contributed by atoms with Gasteiger partial charge in [0, 0.05) is 18.9 Å². The van der Waals surface area contributed by atoms with Gasteiger partial charge in [0.05, 0.1) is 29.9 Å². The number of fused-ring (bicyclic) bond motifs is 1. The van der Waals surface area contributed by atoms with Crippen LogP contribution in [-0.4, -0.2) is 39.2 Å². The molecule has 7 nitrogen and oxygen atoms in total. The van der Waals surface area contributed by atoms with Crippen molar-refractivity contribution in [3.63, 3.8) is 0 Å². The molecule has 4 rings (SSSR count). The van der Waals surface area contributed by atoms with Crippen LogP contribution in [0.1, 0.15) is 12.6 Å². The van der Waals surface area contributed by atoms with Crippen molar-refractivity contribution < 1.29 is 9.13 Å². The quantitative estimate of drug-likeness (QED) is 0.780. The summed E-state index contributed by atoms with van der Waals surface area (Å²) in [5.74, 6) is 1.39. The summed E-state index contributed by atoms with van der Waals surface area (Å²) < 4.78 is 21.8. The molecule has 3 heterocycles. The van der Waals surface area contributed by atoms with E-state index in [1.54, 1.807) is 35.4 Å². The lowest BCUT2D eigenvalue weighted by Gasteiger charge is -2.32. The molecule has 1 aromatic carbocycles. The van der Waals surface area contributed by atoms with Crippen LogP contribution in [-0.2, 0) is 0 Å². The first kappa shape index (κ1) is 16.3. The van der Waals surface area contributed by atoms with Gasteiger partial charge in [-0.15, -0.1) is 0 Å². The number of likely N-dealkylation sites (N-methyl/N-ethyl adjacent to an activating group) is 1. The second-order valence-corrected chi connectivity index (χ2v) is 6.37. The van der Waals surface area contributed by atoms with Gasteiger partial charge in [-0.3, -0.25) is 0 Å². The third kappa shape index (κ3) is 2.94. The Kier molecular flexibility index (Phi) is 3.95. The molecule has 1 unspecified atom stereocenters. The molecule has 1 N–H and O–H groups in total. The van der Waals surface area contributed by atoms with Crippen LogP contribution in [0.4, 0.5) is 21.8 Å². The molecule has 0 saturated carbocycles. The average molecular weight is 354 g/mol. The molecule has 0 bridgehead atoms. The van der Waals surface area contributed by atoms with Crippen LogP contribution in [0.15, 0.2) is 36.9 Å². The summed E-state index contributed by atoms with van der Waals surface area (Å²) >= 11 is 0. The topological polar surface area (TPSA) is 68.1 Å². The van der Waals surface area contributed by atoms with Gasteiger partial charge in [0.2, 0.25) is 5.95 Å². The molecule has 1 aliphatic rings. The fraction of sp³-hybridized carbons (Fsp3) is 0.278. The van der Waals surface area contributed by atoms with Gasteiger partial charge in [0.25, 0.3) is 0 Å². The summed E-state index contributed by atoms with van der Waals surface area (Å²) in [6.07, 6.45) is 4.99. The highest BCUT2D eigenvalue weighted by Crippen LogP contribution is 2.31. The fourth-order valence-corrected chi connectivity index (χ4v) is 2.78. The smallest absolute Gasteiger partial charge is 0.229 e. The van der Waals surface area contributed by atoms with Crippen molar-refractivity contribution in [2.45, 2.75) is 19.9 Å². The van der Waals surface area contributed by atoms with Crippen molar-refractivity contribution in [2.75, 3.05) is 23.9 Å². The fourth-order valence-electron chi connectivity index (χ4n) is 2.78. The van der Waals surface area contributed by atoms with Crippen molar-refractivity contribution >= 4 is 17.5 Å². The Labute approximate surface area is 150 Å². The lowest BCUT2D eigenvalue weighted by Crippen LogP contribution is -2.38. The Morgan fingerprint density at radius 1 is 1.31 bits per heavy atom. The first-order chi connectivity index (χ1) is 12.5. The minimum atomic E-state index is -0.362. The van der Waals surface area contributed by atoms with Crippen molar-refractivity contribution in [3.05, 3.63) is 48.4 Å². The number of aromatic nitrogens is 4. The van der Waals surface area contributed by atoms with E-state index >= 15 is 0 Å². The van der Waals surface area contributed by atoms with Crippen LogP contribution in [0.5, 0.6) is 5.75 Å². The maximum atomic E-state index is 14.5. The number of aryl methyl sites for hydroxylation is 1. The van der Waals surface area contributed by atoms with Gasteiger partial charge in [0.1, 0.15) is 12.4 Å². The summed E-state index contributed by atoms with van der Waals surface area (Å²) in [6, 6.07) is 5.10. The predicted octanol–water partition coefficient (Wildman–Crippen LogP) is 3.07. The Morgan fingerprint density at radius 2 is 2.15 bits per heavy atom. The first-order valence-electron chi connectivity index (χ1n) is 8.31. The molecule has 0 fully saturated rings. The Morgan fingerprint density at radius 3 is 2.88 bits per heavy atom. The third-order valence-corrected chi connectivity index (χ3v) is 4.41. The number of rotatable bonds is 3. The van der Waals surface area contributed by atoms with Crippen LogP contribution in [0.25, 0.3) is 5.69 Å². The summed E-state index contributed by atoms with van der Waals surface area (Å²) in [4.78, 5) is 14.9. The standard InChI is InChI=1S/C18H19FN6O/c1-11-8-25(10-21-11)15-5-4-13(6-14(15)19)22-18-20-7-16-17(23-18)24(3)12(2)9-26-16/h4-8,10,12H,9H2,1-3H3,(H,20,22,23). The molecule has 2 aromatic heterocycles. The van der Waals surface area contributed by atoms with Crippen molar-refractivity contribution in [1.29, 1.82) is 0 Å². The van der Waals surface area contributed by atoms with Crippen molar-refractivity contribution in [1.82, 2.24) is 19.5 Å². The minimum Gasteiger partial charge on any atom is -0.486 e. The molecule has 0 amide bonds. The van der Waals surface area contributed by atoms with E-state index in [2.05, 4.69) is 27.2 Å². The normalized spacial score (nSPS) is 16.2. The van der Waals surface area contributed by atoms with Crippen molar-refractivity contribution in [3.8, 4) is 11.4 Å². The second-order valence-electron chi connectivity index (χ2n) is 6.37. The SMILES string of the molecule is Cc1cn(-c2ccc(Nc3ncc4c(n3)N(C)C(C)CO4)cc2F)cn1. The van der Waals surface area contributed by atoms with E-state index in [4.69, 9.17) is 4.74 Å². The zero-order chi connectivity index (χ0) is 18.3. The van der Waals surface area contributed by atoms with E-state index in [-0.39, 0.29) is 11.9 Å². The van der Waals surface area contributed by atoms with E-state index in [0.717, 1.165) is 5.69 Å². The number of imidazole rings is 1. The zero-order valence-electron chi connectivity index (χ0n) is 14.8. The van der Waals surface area contributed by atoms with E-state index in [1.165, 1.54) is 6.07 Å². The molecule has 1 atom stereocenters. The number of benzene rings is 1. The molecule has 8 heteroatoms. The van der Waals surface area contributed by atoms with Crippen LogP contribution < -0.4 is 15.0 Å². The molecule has 134 valence electrons. The molecule has 3 aromatic rings. The molecule has 0 aliphatic carbocycles. The monoisotopic (exact) mass is 354 g/mol. The number of anilines is 3. The largest absolute Gasteiger partial charge is 0.486 e. The molecular formula is C18H19FN6O. The van der Waals surface area contributed by atoms with Crippen molar-refractivity contribution in [2.24, 2.45) is 0 Å². The number of hydrogen-bond donors (Lipinski definition) is 1. The molecule has 26 heavy (non-hydrogen) atoms. The summed E-state index contributed by atoms with van der Waals surface area (Å²) in [5.41, 5.74) is 1.83. The number of halogens is 1. The van der Waals surface area contributed by atoms with Gasteiger partial charge in [0.15, 0.2) is 11.6 Å². The van der Waals surface area contributed by atoms with Crippen LogP contribution in [0.2, 0.25) is 0 Å². The highest BCUT2D eigenvalue weighted by Gasteiger charge is 2.23. The summed E-state index contributed by atoms with van der Waals surface area (Å²) in [5, 5.41) is 3.04. The lowest BCUT2D eigenvalue weighted by molar-refractivity contribution is 0.271. The van der Waals surface area contributed by atoms with Crippen LogP contribution in [0.3, 0.4) is 0 Å². The van der Waals surface area contributed by atoms with Gasteiger partial charge >= 0.3 is 0 Å². The Hall–Kier alpha value is -3.16. The maximum absolute atomic E-state index is 14.5. The van der Waals surface area contributed by atoms with Gasteiger partial charge in [-0.2, -0.15) is 4.98 Å². The van der Waals surface area contributed by atoms with E-state index in [9.17, 15) is 4.39 Å². The van der Waals surface area contributed by atoms with Gasteiger partial charge < -0.3 is 19.5 Å². The van der Waals surface area contributed by atoms with Gasteiger partial charge in [-0.25, -0.2) is 14.4 Å². The number of nitrogens with one attached hydrogen (secondary N) is 1. The van der Waals surface area contributed by atoms with E-state index in [1.807, 2.05) is 18.9 Å². The second kappa shape index (κ2) is 6.29. The van der Waals surface area contributed by atoms with Gasteiger partial charge in [-0.05, 0) is 32.0 Å². The molecular weight excluding hydrogens is 335 g/mol. The highest BCUT2D eigenvalue weighted by molar-refractivity contribution is 5.61. The first-order valence-corrected chi connectivity index (χ1v) is 8.31. The van der Waals surface area contributed by atoms with Gasteiger partial charge in [-0.1, -0.05) is 0 Å². The Bertz CT molecular complexity index is 957. The Balaban J connectivity index is 1.59. The zero-order valence-corrected chi connectivity index (χ0v) is 14.8. The average Bonchev–Trinajstić information content (AvgIpc) is 3.05. The summed E-state index contributed by atoms with van der Waals surface area (Å²) in [7, 11) is 1.96. The molecule has 1 aliphatic heterocycles. The maximum Gasteiger partial charge on any atom is 0.229 e. The highest BCUT2D eigenvalue weighted by atomic mass is 19.1. The predicted molar refractivity (Wildman–Crippen MR) is 96.9 cm³/mol. The number of ether oxygens (including phenoxy) is 1. The lowest BCUT2D eigenvalue weighted by atomic mass is 10.2. The summed E-state index contributed by atoms with van der Waals surface area (Å²) in [6.45, 7) is 4.52. The van der Waals surface area contributed by atoms with Crippen LogP contribution >= 0.6 is 0 Å². The van der Waals surface area contributed by atoms with E-state index in [0.29, 0.717) is 35.5 Å².